The highest BCUT2D eigenvalue weighted by atomic mass is 35.5. The maximum Gasteiger partial charge on any atom is 0.256 e. The van der Waals surface area contributed by atoms with Gasteiger partial charge in [0.1, 0.15) is 0 Å². The first-order valence-corrected chi connectivity index (χ1v) is 7.26. The first kappa shape index (κ1) is 14.6. The Hall–Kier alpha value is -1.80. The number of rotatable bonds is 2. The van der Waals surface area contributed by atoms with Gasteiger partial charge in [0.15, 0.2) is 0 Å². The summed E-state index contributed by atoms with van der Waals surface area (Å²) in [6.07, 6.45) is 0. The van der Waals surface area contributed by atoms with Crippen LogP contribution >= 0.6 is 22.9 Å². The number of carbonyl (C=O) groups excluding carboxylic acids is 1. The number of nitrogens with two attached hydrogens (primary N) is 1. The first-order valence-electron chi connectivity index (χ1n) is 5.94. The van der Waals surface area contributed by atoms with E-state index in [-0.39, 0.29) is 5.91 Å². The quantitative estimate of drug-likeness (QED) is 0.837. The minimum atomic E-state index is -0.172. The van der Waals surface area contributed by atoms with Crippen molar-refractivity contribution in [3.8, 4) is 11.8 Å². The number of carbonyl (C=O) groups is 1. The topological polar surface area (TPSA) is 55.1 Å². The summed E-state index contributed by atoms with van der Waals surface area (Å²) in [5.41, 5.74) is 8.25. The van der Waals surface area contributed by atoms with E-state index in [1.54, 1.807) is 18.2 Å². The molecule has 0 unspecified atom stereocenters. The Bertz CT molecular complexity index is 697. The lowest BCUT2D eigenvalue weighted by molar-refractivity contribution is 0.102. The number of thiophene rings is 1. The molecule has 0 radical (unpaired) electrons. The molecule has 3 N–H and O–H groups in total. The number of aryl methyl sites for hydroxylation is 1. The fourth-order valence-electron chi connectivity index (χ4n) is 1.63. The summed E-state index contributed by atoms with van der Waals surface area (Å²) in [4.78, 5) is 12.2. The lowest BCUT2D eigenvalue weighted by Gasteiger charge is -2.07. The van der Waals surface area contributed by atoms with Crippen LogP contribution in [0.15, 0.2) is 29.0 Å². The van der Waals surface area contributed by atoms with Crippen molar-refractivity contribution in [3.63, 3.8) is 0 Å². The van der Waals surface area contributed by atoms with Gasteiger partial charge in [-0.3, -0.25) is 4.79 Å². The SMILES string of the molecule is Cc1cscc1C(=O)Nc1cc(C#CCN)ccc1Cl. The maximum absolute atomic E-state index is 12.2. The van der Waals surface area contributed by atoms with Gasteiger partial charge in [-0.15, -0.1) is 0 Å². The minimum absolute atomic E-state index is 0.172. The first-order chi connectivity index (χ1) is 9.61. The molecule has 102 valence electrons. The van der Waals surface area contributed by atoms with Gasteiger partial charge in [0.25, 0.3) is 5.91 Å². The van der Waals surface area contributed by atoms with Crippen LogP contribution < -0.4 is 11.1 Å². The van der Waals surface area contributed by atoms with Crippen LogP contribution in [0.3, 0.4) is 0 Å². The van der Waals surface area contributed by atoms with Crippen molar-refractivity contribution in [2.75, 3.05) is 11.9 Å². The molecule has 20 heavy (non-hydrogen) atoms. The fourth-order valence-corrected chi connectivity index (χ4v) is 2.63. The number of nitrogens with one attached hydrogen (secondary N) is 1. The van der Waals surface area contributed by atoms with E-state index in [9.17, 15) is 4.79 Å². The fraction of sp³-hybridized carbons (Fsp3) is 0.133. The number of halogens is 1. The molecule has 0 bridgehead atoms. The second kappa shape index (κ2) is 6.58. The minimum Gasteiger partial charge on any atom is -0.321 e. The van der Waals surface area contributed by atoms with Crippen molar-refractivity contribution in [2.24, 2.45) is 5.73 Å². The summed E-state index contributed by atoms with van der Waals surface area (Å²) in [6, 6.07) is 5.24. The van der Waals surface area contributed by atoms with Crippen molar-refractivity contribution >= 4 is 34.5 Å². The molecule has 0 atom stereocenters. The molecular formula is C15H13ClN2OS. The molecule has 3 nitrogen and oxygen atoms in total. The van der Waals surface area contributed by atoms with Gasteiger partial charge in [0.05, 0.1) is 22.8 Å². The molecule has 1 aromatic heterocycles. The van der Waals surface area contributed by atoms with Crippen LogP contribution in [-0.2, 0) is 0 Å². The smallest absolute Gasteiger partial charge is 0.256 e. The van der Waals surface area contributed by atoms with E-state index in [0.717, 1.165) is 11.1 Å². The second-order valence-electron chi connectivity index (χ2n) is 4.12. The molecule has 2 rings (SSSR count). The third-order valence-electron chi connectivity index (χ3n) is 2.65. The molecular weight excluding hydrogens is 292 g/mol. The molecule has 0 saturated heterocycles. The van der Waals surface area contributed by atoms with Crippen molar-refractivity contribution in [2.45, 2.75) is 6.92 Å². The van der Waals surface area contributed by atoms with E-state index < -0.39 is 0 Å². The molecule has 0 spiro atoms. The van der Waals surface area contributed by atoms with Crippen LogP contribution in [0.1, 0.15) is 21.5 Å². The van der Waals surface area contributed by atoms with Gasteiger partial charge in [0.2, 0.25) is 0 Å². The second-order valence-corrected chi connectivity index (χ2v) is 5.27. The molecule has 0 fully saturated rings. The van der Waals surface area contributed by atoms with Gasteiger partial charge in [-0.2, -0.15) is 11.3 Å². The summed E-state index contributed by atoms with van der Waals surface area (Å²) < 4.78 is 0. The highest BCUT2D eigenvalue weighted by Crippen LogP contribution is 2.24. The monoisotopic (exact) mass is 304 g/mol. The Morgan fingerprint density at radius 3 is 2.90 bits per heavy atom. The lowest BCUT2D eigenvalue weighted by Crippen LogP contribution is -2.12. The predicted octanol–water partition coefficient (Wildman–Crippen LogP) is 3.27. The zero-order valence-corrected chi connectivity index (χ0v) is 12.4. The maximum atomic E-state index is 12.2. The average Bonchev–Trinajstić information content (AvgIpc) is 2.86. The Kier molecular flexibility index (Phi) is 4.80. The Morgan fingerprint density at radius 1 is 1.45 bits per heavy atom. The third kappa shape index (κ3) is 3.40. The highest BCUT2D eigenvalue weighted by molar-refractivity contribution is 7.08. The lowest BCUT2D eigenvalue weighted by atomic mass is 10.1. The number of anilines is 1. The highest BCUT2D eigenvalue weighted by Gasteiger charge is 2.11. The molecule has 1 amide bonds. The largest absolute Gasteiger partial charge is 0.321 e. The van der Waals surface area contributed by atoms with E-state index in [1.807, 2.05) is 17.7 Å². The number of hydrogen-bond donors (Lipinski definition) is 2. The normalized spacial score (nSPS) is 9.75. The summed E-state index contributed by atoms with van der Waals surface area (Å²) in [5, 5.41) is 7.03. The third-order valence-corrected chi connectivity index (χ3v) is 3.84. The molecule has 0 aliphatic carbocycles. The van der Waals surface area contributed by atoms with Gasteiger partial charge >= 0.3 is 0 Å². The van der Waals surface area contributed by atoms with E-state index in [2.05, 4.69) is 17.2 Å². The Morgan fingerprint density at radius 2 is 2.25 bits per heavy atom. The van der Waals surface area contributed by atoms with Crippen molar-refractivity contribution < 1.29 is 4.79 Å². The van der Waals surface area contributed by atoms with Crippen LogP contribution in [-0.4, -0.2) is 12.5 Å². The van der Waals surface area contributed by atoms with Crippen LogP contribution in [0.4, 0.5) is 5.69 Å². The van der Waals surface area contributed by atoms with Crippen LogP contribution in [0.2, 0.25) is 5.02 Å². The molecule has 0 aliphatic rings. The van der Waals surface area contributed by atoms with Gasteiger partial charge in [-0.1, -0.05) is 23.4 Å². The molecule has 1 heterocycles. The molecule has 5 heteroatoms. The van der Waals surface area contributed by atoms with E-state index in [0.29, 0.717) is 22.8 Å². The summed E-state index contributed by atoms with van der Waals surface area (Å²) in [6.45, 7) is 2.19. The van der Waals surface area contributed by atoms with Crippen LogP contribution in [0.5, 0.6) is 0 Å². The zero-order valence-electron chi connectivity index (χ0n) is 10.9. The van der Waals surface area contributed by atoms with Gasteiger partial charge < -0.3 is 11.1 Å². The van der Waals surface area contributed by atoms with Crippen LogP contribution in [0.25, 0.3) is 0 Å². The van der Waals surface area contributed by atoms with Crippen molar-refractivity contribution in [3.05, 3.63) is 50.7 Å². The molecule has 0 aliphatic heterocycles. The van der Waals surface area contributed by atoms with Gasteiger partial charge in [-0.05, 0) is 36.1 Å². The Balaban J connectivity index is 2.25. The van der Waals surface area contributed by atoms with Gasteiger partial charge in [0, 0.05) is 10.9 Å². The summed E-state index contributed by atoms with van der Waals surface area (Å²) in [5.74, 6) is 5.50. The number of hydrogen-bond acceptors (Lipinski definition) is 3. The summed E-state index contributed by atoms with van der Waals surface area (Å²) >= 11 is 7.58. The standard InChI is InChI=1S/C15H13ClN2OS/c1-10-8-20-9-12(10)15(19)18-14-7-11(3-2-6-17)4-5-13(14)16/h4-5,7-9H,6,17H2,1H3,(H,18,19). The van der Waals surface area contributed by atoms with E-state index in [1.165, 1.54) is 11.3 Å². The van der Waals surface area contributed by atoms with Crippen molar-refractivity contribution in [1.82, 2.24) is 0 Å². The number of amides is 1. The molecule has 2 aromatic rings. The van der Waals surface area contributed by atoms with Gasteiger partial charge in [-0.25, -0.2) is 0 Å². The van der Waals surface area contributed by atoms with Crippen molar-refractivity contribution in [1.29, 1.82) is 0 Å². The van der Waals surface area contributed by atoms with Crippen LogP contribution in [0, 0.1) is 18.8 Å². The summed E-state index contributed by atoms with van der Waals surface area (Å²) in [7, 11) is 0. The zero-order chi connectivity index (χ0) is 14.5. The molecule has 0 saturated carbocycles. The Labute approximate surface area is 126 Å². The van der Waals surface area contributed by atoms with E-state index >= 15 is 0 Å². The molecule has 1 aromatic carbocycles. The predicted molar refractivity (Wildman–Crippen MR) is 84.4 cm³/mol. The van der Waals surface area contributed by atoms with E-state index in [4.69, 9.17) is 17.3 Å². The average molecular weight is 305 g/mol. The number of benzene rings is 1.